The van der Waals surface area contributed by atoms with Crippen molar-refractivity contribution in [1.29, 1.82) is 0 Å². The van der Waals surface area contributed by atoms with Crippen LogP contribution in [0.25, 0.3) is 0 Å². The highest BCUT2D eigenvalue weighted by molar-refractivity contribution is 7.84. The van der Waals surface area contributed by atoms with E-state index in [0.29, 0.717) is 18.9 Å². The second kappa shape index (κ2) is 6.58. The van der Waals surface area contributed by atoms with Gasteiger partial charge in [0.2, 0.25) is 0 Å². The summed E-state index contributed by atoms with van der Waals surface area (Å²) < 4.78 is 16.4. The average Bonchev–Trinajstić information content (AvgIpc) is 2.24. The SMILES string of the molecule is CS(=O)CCCOc1ccccc1CN. The standard InChI is InChI=1S/C11H17NO2S/c1-15(13)8-4-7-14-11-6-3-2-5-10(11)9-12/h2-3,5-6H,4,7-9,12H2,1H3. The Labute approximate surface area is 93.1 Å². The molecule has 0 heterocycles. The molecule has 0 radical (unpaired) electrons. The lowest BCUT2D eigenvalue weighted by molar-refractivity contribution is 0.315. The van der Waals surface area contributed by atoms with Crippen molar-refractivity contribution in [2.24, 2.45) is 5.73 Å². The first-order valence-electron chi connectivity index (χ1n) is 4.95. The smallest absolute Gasteiger partial charge is 0.123 e. The van der Waals surface area contributed by atoms with E-state index in [1.54, 1.807) is 6.26 Å². The first kappa shape index (κ1) is 12.2. The Bertz CT molecular complexity index is 328. The summed E-state index contributed by atoms with van der Waals surface area (Å²) in [5, 5.41) is 0. The van der Waals surface area contributed by atoms with Gasteiger partial charge in [-0.3, -0.25) is 4.21 Å². The summed E-state index contributed by atoms with van der Waals surface area (Å²) in [5.74, 6) is 1.52. The monoisotopic (exact) mass is 227 g/mol. The molecule has 1 unspecified atom stereocenters. The number of benzene rings is 1. The molecule has 0 aliphatic heterocycles. The Balaban J connectivity index is 2.39. The molecular weight excluding hydrogens is 210 g/mol. The summed E-state index contributed by atoms with van der Waals surface area (Å²) in [6.07, 6.45) is 2.51. The van der Waals surface area contributed by atoms with Gasteiger partial charge in [-0.15, -0.1) is 0 Å². The van der Waals surface area contributed by atoms with Gasteiger partial charge >= 0.3 is 0 Å². The zero-order chi connectivity index (χ0) is 11.1. The molecule has 0 spiro atoms. The summed E-state index contributed by atoms with van der Waals surface area (Å²) >= 11 is 0. The Morgan fingerprint density at radius 1 is 1.40 bits per heavy atom. The van der Waals surface area contributed by atoms with Crippen LogP contribution in [0.3, 0.4) is 0 Å². The average molecular weight is 227 g/mol. The van der Waals surface area contributed by atoms with E-state index in [1.807, 2.05) is 24.3 Å². The van der Waals surface area contributed by atoms with Crippen LogP contribution in [0.5, 0.6) is 5.75 Å². The Morgan fingerprint density at radius 2 is 2.13 bits per heavy atom. The van der Waals surface area contributed by atoms with Crippen LogP contribution in [0, 0.1) is 0 Å². The second-order valence-corrected chi connectivity index (χ2v) is 4.85. The fraction of sp³-hybridized carbons (Fsp3) is 0.455. The molecule has 0 saturated carbocycles. The van der Waals surface area contributed by atoms with Crippen molar-refractivity contribution in [2.75, 3.05) is 18.6 Å². The van der Waals surface area contributed by atoms with Crippen molar-refractivity contribution in [3.63, 3.8) is 0 Å². The molecule has 1 rings (SSSR count). The molecule has 0 bridgehead atoms. The lowest BCUT2D eigenvalue weighted by Crippen LogP contribution is -2.06. The van der Waals surface area contributed by atoms with Crippen molar-refractivity contribution in [2.45, 2.75) is 13.0 Å². The third-order valence-corrected chi connectivity index (χ3v) is 2.89. The van der Waals surface area contributed by atoms with Crippen LogP contribution in [0.15, 0.2) is 24.3 Å². The zero-order valence-corrected chi connectivity index (χ0v) is 9.76. The van der Waals surface area contributed by atoms with E-state index in [9.17, 15) is 4.21 Å². The number of nitrogens with two attached hydrogens (primary N) is 1. The molecule has 84 valence electrons. The Morgan fingerprint density at radius 3 is 2.80 bits per heavy atom. The predicted molar refractivity (Wildman–Crippen MR) is 63.4 cm³/mol. The third-order valence-electron chi connectivity index (χ3n) is 2.03. The molecule has 2 N–H and O–H groups in total. The molecule has 0 amide bonds. The van der Waals surface area contributed by atoms with Crippen molar-refractivity contribution < 1.29 is 8.95 Å². The van der Waals surface area contributed by atoms with Crippen LogP contribution < -0.4 is 10.5 Å². The minimum Gasteiger partial charge on any atom is -0.493 e. The van der Waals surface area contributed by atoms with Gasteiger partial charge in [-0.1, -0.05) is 18.2 Å². The summed E-state index contributed by atoms with van der Waals surface area (Å²) in [5.41, 5.74) is 6.58. The molecule has 0 saturated heterocycles. The number of rotatable bonds is 6. The number of para-hydroxylation sites is 1. The van der Waals surface area contributed by atoms with Gasteiger partial charge in [0.05, 0.1) is 6.61 Å². The van der Waals surface area contributed by atoms with E-state index in [2.05, 4.69) is 0 Å². The maximum atomic E-state index is 10.8. The number of hydrogen-bond acceptors (Lipinski definition) is 3. The van der Waals surface area contributed by atoms with Crippen molar-refractivity contribution in [3.8, 4) is 5.75 Å². The molecule has 15 heavy (non-hydrogen) atoms. The highest BCUT2D eigenvalue weighted by Gasteiger charge is 2.00. The van der Waals surface area contributed by atoms with Gasteiger partial charge < -0.3 is 10.5 Å². The van der Waals surface area contributed by atoms with E-state index < -0.39 is 10.8 Å². The summed E-state index contributed by atoms with van der Waals surface area (Å²) in [6.45, 7) is 1.08. The van der Waals surface area contributed by atoms with Gasteiger partial charge in [0, 0.05) is 34.9 Å². The first-order valence-corrected chi connectivity index (χ1v) is 6.67. The summed E-state index contributed by atoms with van der Waals surface area (Å²) in [7, 11) is -0.735. The van der Waals surface area contributed by atoms with Crippen molar-refractivity contribution >= 4 is 10.8 Å². The number of ether oxygens (including phenoxy) is 1. The van der Waals surface area contributed by atoms with Crippen LogP contribution in [0.4, 0.5) is 0 Å². The third kappa shape index (κ3) is 4.44. The number of hydrogen-bond donors (Lipinski definition) is 1. The molecule has 0 fully saturated rings. The largest absolute Gasteiger partial charge is 0.493 e. The molecule has 4 heteroatoms. The van der Waals surface area contributed by atoms with Gasteiger partial charge in [0.15, 0.2) is 0 Å². The zero-order valence-electron chi connectivity index (χ0n) is 8.94. The van der Waals surface area contributed by atoms with E-state index in [1.165, 1.54) is 0 Å². The summed E-state index contributed by atoms with van der Waals surface area (Å²) in [6, 6.07) is 7.72. The van der Waals surface area contributed by atoms with Crippen LogP contribution in [-0.4, -0.2) is 22.8 Å². The topological polar surface area (TPSA) is 52.3 Å². The van der Waals surface area contributed by atoms with Gasteiger partial charge in [0.25, 0.3) is 0 Å². The van der Waals surface area contributed by atoms with Crippen molar-refractivity contribution in [3.05, 3.63) is 29.8 Å². The molecule has 1 aromatic carbocycles. The molecule has 0 aromatic heterocycles. The van der Waals surface area contributed by atoms with Crippen LogP contribution in [0.2, 0.25) is 0 Å². The minimum atomic E-state index is -0.735. The summed E-state index contributed by atoms with van der Waals surface area (Å²) in [4.78, 5) is 0. The maximum absolute atomic E-state index is 10.8. The van der Waals surface area contributed by atoms with Crippen LogP contribution in [0.1, 0.15) is 12.0 Å². The molecule has 1 atom stereocenters. The van der Waals surface area contributed by atoms with Crippen molar-refractivity contribution in [1.82, 2.24) is 0 Å². The van der Waals surface area contributed by atoms with E-state index >= 15 is 0 Å². The Kier molecular flexibility index (Phi) is 5.36. The van der Waals surface area contributed by atoms with E-state index in [-0.39, 0.29) is 0 Å². The molecule has 0 aliphatic carbocycles. The van der Waals surface area contributed by atoms with Crippen LogP contribution >= 0.6 is 0 Å². The van der Waals surface area contributed by atoms with Gasteiger partial charge in [-0.05, 0) is 12.5 Å². The fourth-order valence-electron chi connectivity index (χ4n) is 1.26. The lowest BCUT2D eigenvalue weighted by Gasteiger charge is -2.09. The first-order chi connectivity index (χ1) is 7.24. The Hall–Kier alpha value is -0.870. The predicted octanol–water partition coefficient (Wildman–Crippen LogP) is 1.29. The highest BCUT2D eigenvalue weighted by Crippen LogP contribution is 2.16. The van der Waals surface area contributed by atoms with Gasteiger partial charge in [-0.2, -0.15) is 0 Å². The normalized spacial score (nSPS) is 12.4. The second-order valence-electron chi connectivity index (χ2n) is 3.29. The lowest BCUT2D eigenvalue weighted by atomic mass is 10.2. The maximum Gasteiger partial charge on any atom is 0.123 e. The van der Waals surface area contributed by atoms with Gasteiger partial charge in [0.1, 0.15) is 5.75 Å². The minimum absolute atomic E-state index is 0.482. The quantitative estimate of drug-likeness (QED) is 0.745. The molecule has 3 nitrogen and oxygen atoms in total. The molecular formula is C11H17NO2S. The van der Waals surface area contributed by atoms with E-state index in [0.717, 1.165) is 17.7 Å². The van der Waals surface area contributed by atoms with Gasteiger partial charge in [-0.25, -0.2) is 0 Å². The molecule has 0 aliphatic rings. The van der Waals surface area contributed by atoms with Crippen LogP contribution in [-0.2, 0) is 17.3 Å². The fourth-order valence-corrected chi connectivity index (χ4v) is 1.78. The van der Waals surface area contributed by atoms with E-state index in [4.69, 9.17) is 10.5 Å². The molecule has 1 aromatic rings. The highest BCUT2D eigenvalue weighted by atomic mass is 32.2.